The number of ether oxygens (including phenoxy) is 2. The Morgan fingerprint density at radius 1 is 1.16 bits per heavy atom. The molecule has 1 aliphatic carbocycles. The maximum absolute atomic E-state index is 5.99. The third-order valence-electron chi connectivity index (χ3n) is 4.33. The van der Waals surface area contributed by atoms with Gasteiger partial charge in [-0.05, 0) is 42.9 Å². The zero-order valence-corrected chi connectivity index (χ0v) is 12.4. The zero-order valence-electron chi connectivity index (χ0n) is 12.4. The molecule has 0 aromatic heterocycles. The van der Waals surface area contributed by atoms with E-state index in [9.17, 15) is 0 Å². The SMILES string of the molecule is CCC(C)c1ccc(OC(OC)C2CCCC2)cc1. The van der Waals surface area contributed by atoms with Gasteiger partial charge in [-0.25, -0.2) is 0 Å². The fraction of sp³-hybridized carbons (Fsp3) is 0.647. The topological polar surface area (TPSA) is 18.5 Å². The van der Waals surface area contributed by atoms with Crippen molar-refractivity contribution in [3.05, 3.63) is 29.8 Å². The second-order valence-corrected chi connectivity index (χ2v) is 5.64. The molecule has 1 aliphatic rings. The molecule has 0 bridgehead atoms. The van der Waals surface area contributed by atoms with Crippen molar-refractivity contribution in [1.29, 1.82) is 0 Å². The second kappa shape index (κ2) is 6.95. The van der Waals surface area contributed by atoms with E-state index in [1.165, 1.54) is 37.7 Å². The number of benzene rings is 1. The van der Waals surface area contributed by atoms with E-state index in [0.29, 0.717) is 11.8 Å². The second-order valence-electron chi connectivity index (χ2n) is 5.64. The highest BCUT2D eigenvalue weighted by Gasteiger charge is 2.26. The molecule has 2 unspecified atom stereocenters. The average Bonchev–Trinajstić information content (AvgIpc) is 2.98. The summed E-state index contributed by atoms with van der Waals surface area (Å²) in [5.74, 6) is 2.09. The molecule has 0 N–H and O–H groups in total. The summed E-state index contributed by atoms with van der Waals surface area (Å²) < 4.78 is 11.5. The quantitative estimate of drug-likeness (QED) is 0.689. The van der Waals surface area contributed by atoms with Gasteiger partial charge in [0.05, 0.1) is 0 Å². The molecule has 1 fully saturated rings. The van der Waals surface area contributed by atoms with Gasteiger partial charge in [-0.15, -0.1) is 0 Å². The van der Waals surface area contributed by atoms with Gasteiger partial charge in [0.25, 0.3) is 0 Å². The minimum absolute atomic E-state index is 0.0862. The summed E-state index contributed by atoms with van der Waals surface area (Å²) >= 11 is 0. The maximum Gasteiger partial charge on any atom is 0.202 e. The van der Waals surface area contributed by atoms with Gasteiger partial charge in [0, 0.05) is 13.0 Å². The molecule has 2 nitrogen and oxygen atoms in total. The number of methoxy groups -OCH3 is 1. The highest BCUT2D eigenvalue weighted by molar-refractivity contribution is 5.29. The van der Waals surface area contributed by atoms with E-state index < -0.39 is 0 Å². The smallest absolute Gasteiger partial charge is 0.202 e. The van der Waals surface area contributed by atoms with Crippen LogP contribution in [-0.4, -0.2) is 13.4 Å². The Bertz CT molecular complexity index is 365. The molecule has 2 heteroatoms. The van der Waals surface area contributed by atoms with Crippen LogP contribution >= 0.6 is 0 Å². The zero-order chi connectivity index (χ0) is 13.7. The summed E-state index contributed by atoms with van der Waals surface area (Å²) in [5, 5.41) is 0. The van der Waals surface area contributed by atoms with Crippen molar-refractivity contribution in [3.8, 4) is 5.75 Å². The number of hydrogen-bond acceptors (Lipinski definition) is 2. The molecule has 106 valence electrons. The molecule has 0 radical (unpaired) electrons. The lowest BCUT2D eigenvalue weighted by Gasteiger charge is -2.23. The molecule has 1 saturated carbocycles. The lowest BCUT2D eigenvalue weighted by Crippen LogP contribution is -2.27. The molecule has 2 atom stereocenters. The first kappa shape index (κ1) is 14.4. The van der Waals surface area contributed by atoms with Crippen LogP contribution in [0.1, 0.15) is 57.4 Å². The molecule has 0 aliphatic heterocycles. The first-order chi connectivity index (χ1) is 9.24. The van der Waals surface area contributed by atoms with Crippen molar-refractivity contribution >= 4 is 0 Å². The summed E-state index contributed by atoms with van der Waals surface area (Å²) in [6.07, 6.45) is 6.15. The summed E-state index contributed by atoms with van der Waals surface area (Å²) in [7, 11) is 1.75. The molecule has 2 rings (SSSR count). The van der Waals surface area contributed by atoms with E-state index in [-0.39, 0.29) is 6.29 Å². The van der Waals surface area contributed by atoms with E-state index in [1.807, 2.05) is 0 Å². The third-order valence-corrected chi connectivity index (χ3v) is 4.33. The minimum atomic E-state index is -0.0862. The summed E-state index contributed by atoms with van der Waals surface area (Å²) in [4.78, 5) is 0. The molecule has 1 aromatic rings. The van der Waals surface area contributed by atoms with Gasteiger partial charge in [0.2, 0.25) is 6.29 Å². The first-order valence-corrected chi connectivity index (χ1v) is 7.54. The van der Waals surface area contributed by atoms with E-state index in [2.05, 4.69) is 38.1 Å². The van der Waals surface area contributed by atoms with Crippen LogP contribution in [0.25, 0.3) is 0 Å². The Balaban J connectivity index is 1.97. The fourth-order valence-corrected chi connectivity index (χ4v) is 2.81. The Kier molecular flexibility index (Phi) is 5.26. The monoisotopic (exact) mass is 262 g/mol. The van der Waals surface area contributed by atoms with Crippen LogP contribution in [0, 0.1) is 5.92 Å². The van der Waals surface area contributed by atoms with E-state index in [1.54, 1.807) is 7.11 Å². The Morgan fingerprint density at radius 3 is 2.32 bits per heavy atom. The van der Waals surface area contributed by atoms with Crippen LogP contribution in [0.4, 0.5) is 0 Å². The molecule has 0 heterocycles. The minimum Gasteiger partial charge on any atom is -0.465 e. The van der Waals surface area contributed by atoms with Crippen molar-refractivity contribution in [2.24, 2.45) is 5.92 Å². The molecule has 0 spiro atoms. The lowest BCUT2D eigenvalue weighted by molar-refractivity contribution is -0.0908. The van der Waals surface area contributed by atoms with Crippen LogP contribution in [-0.2, 0) is 4.74 Å². The van der Waals surface area contributed by atoms with Gasteiger partial charge in [-0.1, -0.05) is 38.8 Å². The summed E-state index contributed by atoms with van der Waals surface area (Å²) in [6, 6.07) is 8.49. The molecule has 0 amide bonds. The summed E-state index contributed by atoms with van der Waals surface area (Å²) in [6.45, 7) is 4.47. The predicted molar refractivity (Wildman–Crippen MR) is 78.5 cm³/mol. The highest BCUT2D eigenvalue weighted by Crippen LogP contribution is 2.31. The number of hydrogen-bond donors (Lipinski definition) is 0. The van der Waals surface area contributed by atoms with Gasteiger partial charge in [-0.3, -0.25) is 0 Å². The third kappa shape index (κ3) is 3.73. The molecule has 19 heavy (non-hydrogen) atoms. The van der Waals surface area contributed by atoms with Crippen LogP contribution < -0.4 is 4.74 Å². The fourth-order valence-electron chi connectivity index (χ4n) is 2.81. The van der Waals surface area contributed by atoms with Gasteiger partial charge in [-0.2, -0.15) is 0 Å². The van der Waals surface area contributed by atoms with Gasteiger partial charge < -0.3 is 9.47 Å². The normalized spacial score (nSPS) is 19.3. The van der Waals surface area contributed by atoms with E-state index in [4.69, 9.17) is 9.47 Å². The van der Waals surface area contributed by atoms with Gasteiger partial charge in [0.15, 0.2) is 0 Å². The van der Waals surface area contributed by atoms with Crippen molar-refractivity contribution < 1.29 is 9.47 Å². The van der Waals surface area contributed by atoms with Crippen molar-refractivity contribution in [1.82, 2.24) is 0 Å². The van der Waals surface area contributed by atoms with Gasteiger partial charge in [0.1, 0.15) is 5.75 Å². The molecule has 0 saturated heterocycles. The standard InChI is InChI=1S/C17H26O2/c1-4-13(2)14-9-11-16(12-10-14)19-17(18-3)15-7-5-6-8-15/h9-13,15,17H,4-8H2,1-3H3. The number of rotatable bonds is 6. The molecular weight excluding hydrogens is 236 g/mol. The van der Waals surface area contributed by atoms with Crippen molar-refractivity contribution in [2.75, 3.05) is 7.11 Å². The maximum atomic E-state index is 5.99. The van der Waals surface area contributed by atoms with Crippen molar-refractivity contribution in [3.63, 3.8) is 0 Å². The van der Waals surface area contributed by atoms with E-state index >= 15 is 0 Å². The first-order valence-electron chi connectivity index (χ1n) is 7.54. The lowest BCUT2D eigenvalue weighted by atomic mass is 9.99. The average molecular weight is 262 g/mol. The Labute approximate surface area is 117 Å². The van der Waals surface area contributed by atoms with Crippen molar-refractivity contribution in [2.45, 2.75) is 58.2 Å². The van der Waals surface area contributed by atoms with E-state index in [0.717, 1.165) is 5.75 Å². The Morgan fingerprint density at radius 2 is 1.79 bits per heavy atom. The van der Waals surface area contributed by atoms with Crippen LogP contribution in [0.3, 0.4) is 0 Å². The summed E-state index contributed by atoms with van der Waals surface area (Å²) in [5.41, 5.74) is 1.38. The van der Waals surface area contributed by atoms with Gasteiger partial charge >= 0.3 is 0 Å². The van der Waals surface area contributed by atoms with Crippen LogP contribution in [0.15, 0.2) is 24.3 Å². The molecular formula is C17H26O2. The largest absolute Gasteiger partial charge is 0.465 e. The van der Waals surface area contributed by atoms with Crippen LogP contribution in [0.2, 0.25) is 0 Å². The highest BCUT2D eigenvalue weighted by atomic mass is 16.7. The Hall–Kier alpha value is -1.02. The molecule has 1 aromatic carbocycles. The van der Waals surface area contributed by atoms with Crippen LogP contribution in [0.5, 0.6) is 5.75 Å². The predicted octanol–water partition coefficient (Wildman–Crippen LogP) is 4.74.